The number of rotatable bonds is 41. The van der Waals surface area contributed by atoms with Crippen molar-refractivity contribution in [3.63, 3.8) is 0 Å². The summed E-state index contributed by atoms with van der Waals surface area (Å²) in [5.41, 5.74) is 0. The van der Waals surface area contributed by atoms with E-state index in [2.05, 4.69) is 11.8 Å². The Morgan fingerprint density at radius 2 is 0.660 bits per heavy atom. The Bertz CT molecular complexity index is 603. The number of likely N-dealkylation sites (N-methyl/N-ethyl adjacent to an activating group) is 1. The van der Waals surface area contributed by atoms with Crippen LogP contribution in [0.25, 0.3) is 0 Å². The van der Waals surface area contributed by atoms with Crippen LogP contribution in [0.5, 0.6) is 0 Å². The molecule has 0 aliphatic rings. The Kier molecular flexibility index (Phi) is 40.4. The van der Waals surface area contributed by atoms with Gasteiger partial charge in [-0.15, -0.1) is 0 Å². The minimum absolute atomic E-state index is 0.139. The highest BCUT2D eigenvalue weighted by Gasteiger charge is 2.03. The molecule has 0 aromatic heterocycles. The molecule has 0 aliphatic carbocycles. The standard InChI is InChI=1S/C34H69NO12/c1-4-5-6-7-8-9-10-11-34(36)47-33-32-46-31-30-45-29-28-44-27-26-43-25-24-42-23-22-41-21-20-40-19-18-39-17-16-38-15-14-37-13-12-35(2)3/h4-33H2,1-3H3. The molecule has 0 fully saturated rings. The largest absolute Gasteiger partial charge is 0.463 e. The molecule has 0 radical (unpaired) electrons. The van der Waals surface area contributed by atoms with Gasteiger partial charge in [0.2, 0.25) is 0 Å². The molecule has 47 heavy (non-hydrogen) atoms. The molecule has 0 atom stereocenters. The Labute approximate surface area is 285 Å². The topological polar surface area (TPSA) is 122 Å². The lowest BCUT2D eigenvalue weighted by atomic mass is 10.1. The van der Waals surface area contributed by atoms with E-state index in [0.29, 0.717) is 139 Å². The van der Waals surface area contributed by atoms with Crippen molar-refractivity contribution in [2.24, 2.45) is 0 Å². The molecule has 0 N–H and O–H groups in total. The van der Waals surface area contributed by atoms with Gasteiger partial charge in [-0.25, -0.2) is 0 Å². The smallest absolute Gasteiger partial charge is 0.305 e. The van der Waals surface area contributed by atoms with Crippen molar-refractivity contribution in [1.29, 1.82) is 0 Å². The first kappa shape index (κ1) is 46.0. The highest BCUT2D eigenvalue weighted by molar-refractivity contribution is 5.69. The molecule has 0 aliphatic heterocycles. The lowest BCUT2D eigenvalue weighted by Gasteiger charge is -2.10. The maximum Gasteiger partial charge on any atom is 0.305 e. The first-order chi connectivity index (χ1) is 23.2. The number of hydrogen-bond donors (Lipinski definition) is 0. The van der Waals surface area contributed by atoms with Crippen LogP contribution in [-0.4, -0.2) is 170 Å². The van der Waals surface area contributed by atoms with Crippen LogP contribution < -0.4 is 0 Å². The molecule has 0 saturated carbocycles. The van der Waals surface area contributed by atoms with Gasteiger partial charge in [-0.05, 0) is 20.5 Å². The Balaban J connectivity index is 3.10. The van der Waals surface area contributed by atoms with Gasteiger partial charge in [0.1, 0.15) is 6.61 Å². The quantitative estimate of drug-likeness (QED) is 0.0692. The van der Waals surface area contributed by atoms with Gasteiger partial charge in [0, 0.05) is 13.0 Å². The predicted octanol–water partition coefficient (Wildman–Crippen LogP) is 3.40. The van der Waals surface area contributed by atoms with E-state index in [1.807, 2.05) is 14.1 Å². The summed E-state index contributed by atoms with van der Waals surface area (Å²) in [6.45, 7) is 13.8. The van der Waals surface area contributed by atoms with Gasteiger partial charge < -0.3 is 57.0 Å². The Hall–Kier alpha value is -0.970. The highest BCUT2D eigenvalue weighted by atomic mass is 16.6. The van der Waals surface area contributed by atoms with E-state index >= 15 is 0 Å². The van der Waals surface area contributed by atoms with Crippen LogP contribution in [-0.2, 0) is 56.9 Å². The molecule has 282 valence electrons. The zero-order valence-corrected chi connectivity index (χ0v) is 30.1. The summed E-state index contributed by atoms with van der Waals surface area (Å²) in [6, 6.07) is 0. The second kappa shape index (κ2) is 41.2. The lowest BCUT2D eigenvalue weighted by Crippen LogP contribution is -2.19. The SMILES string of the molecule is CCCCCCCCCC(=O)OCCOCCOCCOCCOCCOCCOCCOCCOCCOCCOCCN(C)C. The van der Waals surface area contributed by atoms with Crippen LogP contribution in [0.3, 0.4) is 0 Å². The third-order valence-corrected chi connectivity index (χ3v) is 6.51. The fourth-order valence-electron chi connectivity index (χ4n) is 3.84. The van der Waals surface area contributed by atoms with Gasteiger partial charge in [-0.1, -0.05) is 45.4 Å². The molecule has 13 nitrogen and oxygen atoms in total. The zero-order valence-electron chi connectivity index (χ0n) is 30.1. The fourth-order valence-corrected chi connectivity index (χ4v) is 3.84. The van der Waals surface area contributed by atoms with Crippen LogP contribution in [0.4, 0.5) is 0 Å². The molecule has 0 aromatic rings. The number of nitrogens with zero attached hydrogens (tertiary/aromatic N) is 1. The molecule has 0 amide bonds. The molecule has 0 heterocycles. The van der Waals surface area contributed by atoms with Crippen molar-refractivity contribution < 1.29 is 56.9 Å². The number of esters is 1. The van der Waals surface area contributed by atoms with E-state index in [-0.39, 0.29) is 12.6 Å². The molecule has 13 heteroatoms. The Morgan fingerprint density at radius 1 is 0.383 bits per heavy atom. The van der Waals surface area contributed by atoms with Crippen molar-refractivity contribution >= 4 is 5.97 Å². The predicted molar refractivity (Wildman–Crippen MR) is 180 cm³/mol. The molecule has 0 saturated heterocycles. The first-order valence-corrected chi connectivity index (χ1v) is 17.7. The maximum absolute atomic E-state index is 11.7. The minimum Gasteiger partial charge on any atom is -0.463 e. The van der Waals surface area contributed by atoms with E-state index in [9.17, 15) is 4.79 Å². The van der Waals surface area contributed by atoms with Crippen LogP contribution >= 0.6 is 0 Å². The van der Waals surface area contributed by atoms with Gasteiger partial charge in [-0.2, -0.15) is 0 Å². The molecular weight excluding hydrogens is 614 g/mol. The van der Waals surface area contributed by atoms with Gasteiger partial charge in [0.15, 0.2) is 0 Å². The third kappa shape index (κ3) is 43.0. The molecule has 0 rings (SSSR count). The average Bonchev–Trinajstić information content (AvgIpc) is 3.06. The van der Waals surface area contributed by atoms with Crippen LogP contribution in [0, 0.1) is 0 Å². The van der Waals surface area contributed by atoms with E-state index in [0.717, 1.165) is 19.4 Å². The van der Waals surface area contributed by atoms with Gasteiger partial charge in [0.05, 0.1) is 132 Å². The van der Waals surface area contributed by atoms with Gasteiger partial charge in [-0.3, -0.25) is 4.79 Å². The fraction of sp³-hybridized carbons (Fsp3) is 0.971. The summed E-state index contributed by atoms with van der Waals surface area (Å²) in [6.07, 6.45) is 8.81. The third-order valence-electron chi connectivity index (χ3n) is 6.51. The summed E-state index contributed by atoms with van der Waals surface area (Å²) < 4.78 is 59.9. The summed E-state index contributed by atoms with van der Waals surface area (Å²) in [5.74, 6) is -0.139. The summed E-state index contributed by atoms with van der Waals surface area (Å²) in [7, 11) is 4.04. The molecular formula is C34H69NO12. The Morgan fingerprint density at radius 3 is 0.979 bits per heavy atom. The lowest BCUT2D eigenvalue weighted by molar-refractivity contribution is -0.145. The van der Waals surface area contributed by atoms with Crippen molar-refractivity contribution in [2.75, 3.05) is 159 Å². The highest BCUT2D eigenvalue weighted by Crippen LogP contribution is 2.08. The van der Waals surface area contributed by atoms with E-state index in [4.69, 9.17) is 52.1 Å². The molecule has 0 spiro atoms. The minimum atomic E-state index is -0.139. The van der Waals surface area contributed by atoms with Gasteiger partial charge in [0.25, 0.3) is 0 Å². The van der Waals surface area contributed by atoms with Crippen molar-refractivity contribution in [2.45, 2.75) is 58.3 Å². The van der Waals surface area contributed by atoms with Gasteiger partial charge >= 0.3 is 5.97 Å². The van der Waals surface area contributed by atoms with Crippen LogP contribution in [0.1, 0.15) is 58.3 Å². The average molecular weight is 684 g/mol. The van der Waals surface area contributed by atoms with E-state index in [1.165, 1.54) is 32.1 Å². The maximum atomic E-state index is 11.7. The number of ether oxygens (including phenoxy) is 11. The van der Waals surface area contributed by atoms with Crippen LogP contribution in [0.15, 0.2) is 0 Å². The number of unbranched alkanes of at least 4 members (excludes halogenated alkanes) is 6. The van der Waals surface area contributed by atoms with E-state index < -0.39 is 0 Å². The van der Waals surface area contributed by atoms with Crippen molar-refractivity contribution in [1.82, 2.24) is 4.90 Å². The summed E-state index contributed by atoms with van der Waals surface area (Å²) >= 11 is 0. The monoisotopic (exact) mass is 683 g/mol. The molecule has 0 aromatic carbocycles. The summed E-state index contributed by atoms with van der Waals surface area (Å²) in [5, 5.41) is 0. The number of carbonyl (C=O) groups is 1. The van der Waals surface area contributed by atoms with E-state index in [1.54, 1.807) is 0 Å². The van der Waals surface area contributed by atoms with Crippen LogP contribution in [0.2, 0.25) is 0 Å². The van der Waals surface area contributed by atoms with Crippen molar-refractivity contribution in [3.05, 3.63) is 0 Å². The number of hydrogen-bond acceptors (Lipinski definition) is 13. The molecule has 0 unspecified atom stereocenters. The molecule has 0 bridgehead atoms. The normalized spacial score (nSPS) is 11.6. The second-order valence-corrected chi connectivity index (χ2v) is 11.0. The zero-order chi connectivity index (χ0) is 34.1. The van der Waals surface area contributed by atoms with Crippen molar-refractivity contribution in [3.8, 4) is 0 Å². The second-order valence-electron chi connectivity index (χ2n) is 11.0. The summed E-state index contributed by atoms with van der Waals surface area (Å²) in [4.78, 5) is 13.8. The first-order valence-electron chi connectivity index (χ1n) is 17.7. The number of carbonyl (C=O) groups excluding carboxylic acids is 1.